The molecule has 84 valence electrons. The Morgan fingerprint density at radius 3 is 2.81 bits per heavy atom. The molecule has 0 radical (unpaired) electrons. The van der Waals surface area contributed by atoms with E-state index in [9.17, 15) is 0 Å². The van der Waals surface area contributed by atoms with Crippen LogP contribution >= 0.6 is 12.2 Å². The van der Waals surface area contributed by atoms with Crippen molar-refractivity contribution in [2.75, 3.05) is 12.1 Å². The SMILES string of the molecule is CCC1Oc2cc3c(cc2NC1=S)OCO3. The molecule has 0 saturated heterocycles. The van der Waals surface area contributed by atoms with Crippen molar-refractivity contribution < 1.29 is 14.2 Å². The van der Waals surface area contributed by atoms with Gasteiger partial charge in [-0.2, -0.15) is 0 Å². The summed E-state index contributed by atoms with van der Waals surface area (Å²) in [4.78, 5) is 0.717. The molecule has 0 spiro atoms. The van der Waals surface area contributed by atoms with Gasteiger partial charge in [-0.05, 0) is 6.42 Å². The van der Waals surface area contributed by atoms with E-state index in [0.29, 0.717) is 4.99 Å². The summed E-state index contributed by atoms with van der Waals surface area (Å²) in [6.45, 7) is 2.30. The second-order valence-corrected chi connectivity index (χ2v) is 4.15. The van der Waals surface area contributed by atoms with E-state index in [1.165, 1.54) is 0 Å². The molecule has 1 aromatic rings. The molecular weight excluding hydrogens is 226 g/mol. The minimum Gasteiger partial charge on any atom is -0.481 e. The maximum atomic E-state index is 5.78. The highest BCUT2D eigenvalue weighted by Gasteiger charge is 2.26. The van der Waals surface area contributed by atoms with Crippen LogP contribution in [0.5, 0.6) is 17.2 Å². The van der Waals surface area contributed by atoms with Gasteiger partial charge in [0.2, 0.25) is 6.79 Å². The molecule has 2 aliphatic heterocycles. The molecule has 1 aromatic carbocycles. The lowest BCUT2D eigenvalue weighted by atomic mass is 10.2. The summed E-state index contributed by atoms with van der Waals surface area (Å²) in [5.41, 5.74) is 0.846. The Bertz CT molecular complexity index is 461. The number of anilines is 1. The number of hydrogen-bond donors (Lipinski definition) is 1. The molecule has 0 fully saturated rings. The van der Waals surface area contributed by atoms with Crippen LogP contribution in [0.4, 0.5) is 5.69 Å². The molecule has 1 atom stereocenters. The van der Waals surface area contributed by atoms with Crippen LogP contribution in [0.15, 0.2) is 12.1 Å². The Morgan fingerprint density at radius 2 is 2.06 bits per heavy atom. The maximum Gasteiger partial charge on any atom is 0.231 e. The largest absolute Gasteiger partial charge is 0.481 e. The monoisotopic (exact) mass is 237 g/mol. The molecule has 2 aliphatic rings. The molecule has 0 aliphatic carbocycles. The normalized spacial score (nSPS) is 21.1. The Morgan fingerprint density at radius 1 is 1.31 bits per heavy atom. The van der Waals surface area contributed by atoms with E-state index in [4.69, 9.17) is 26.4 Å². The predicted octanol–water partition coefficient (Wildman–Crippen LogP) is 2.33. The van der Waals surface area contributed by atoms with E-state index in [-0.39, 0.29) is 12.9 Å². The summed E-state index contributed by atoms with van der Waals surface area (Å²) >= 11 is 5.22. The quantitative estimate of drug-likeness (QED) is 0.759. The van der Waals surface area contributed by atoms with E-state index in [0.717, 1.165) is 29.4 Å². The molecule has 16 heavy (non-hydrogen) atoms. The zero-order valence-electron chi connectivity index (χ0n) is 8.78. The molecule has 0 amide bonds. The second-order valence-electron chi connectivity index (χ2n) is 3.71. The van der Waals surface area contributed by atoms with Gasteiger partial charge in [0, 0.05) is 12.1 Å². The summed E-state index contributed by atoms with van der Waals surface area (Å²) in [6.07, 6.45) is 0.794. The molecule has 0 aromatic heterocycles. The van der Waals surface area contributed by atoms with E-state index < -0.39 is 0 Å². The minimum atomic E-state index is -0.0529. The molecular formula is C11H11NO3S. The number of benzene rings is 1. The van der Waals surface area contributed by atoms with Crippen LogP contribution in [-0.2, 0) is 0 Å². The van der Waals surface area contributed by atoms with Gasteiger partial charge < -0.3 is 19.5 Å². The average molecular weight is 237 g/mol. The smallest absolute Gasteiger partial charge is 0.231 e. The van der Waals surface area contributed by atoms with Gasteiger partial charge in [0.1, 0.15) is 16.8 Å². The zero-order chi connectivity index (χ0) is 11.1. The van der Waals surface area contributed by atoms with Gasteiger partial charge in [-0.15, -0.1) is 0 Å². The third-order valence-electron chi connectivity index (χ3n) is 2.67. The Balaban J connectivity index is 2.01. The van der Waals surface area contributed by atoms with E-state index >= 15 is 0 Å². The van der Waals surface area contributed by atoms with Crippen molar-refractivity contribution in [2.24, 2.45) is 0 Å². The van der Waals surface area contributed by atoms with Crippen LogP contribution in [0.1, 0.15) is 13.3 Å². The number of rotatable bonds is 1. The van der Waals surface area contributed by atoms with Crippen LogP contribution in [0.2, 0.25) is 0 Å². The number of ether oxygens (including phenoxy) is 3. The van der Waals surface area contributed by atoms with E-state index in [2.05, 4.69) is 5.32 Å². The molecule has 3 rings (SSSR count). The van der Waals surface area contributed by atoms with Crippen LogP contribution in [0, 0.1) is 0 Å². The molecule has 4 nitrogen and oxygen atoms in total. The van der Waals surface area contributed by atoms with E-state index in [1.54, 1.807) is 0 Å². The molecule has 1 N–H and O–H groups in total. The van der Waals surface area contributed by atoms with Crippen molar-refractivity contribution >= 4 is 22.9 Å². The highest BCUT2D eigenvalue weighted by Crippen LogP contribution is 2.42. The van der Waals surface area contributed by atoms with Gasteiger partial charge in [0.05, 0.1) is 5.69 Å². The van der Waals surface area contributed by atoms with Gasteiger partial charge in [-0.1, -0.05) is 19.1 Å². The zero-order valence-corrected chi connectivity index (χ0v) is 9.60. The Kier molecular flexibility index (Phi) is 2.14. The molecule has 2 heterocycles. The Hall–Kier alpha value is -1.49. The fourth-order valence-electron chi connectivity index (χ4n) is 1.81. The van der Waals surface area contributed by atoms with Gasteiger partial charge >= 0.3 is 0 Å². The first-order chi connectivity index (χ1) is 7.78. The van der Waals surface area contributed by atoms with E-state index in [1.807, 2.05) is 19.1 Å². The van der Waals surface area contributed by atoms with Crippen LogP contribution < -0.4 is 19.5 Å². The van der Waals surface area contributed by atoms with Crippen molar-refractivity contribution in [3.63, 3.8) is 0 Å². The summed E-state index contributed by atoms with van der Waals surface area (Å²) in [6, 6.07) is 3.70. The second kappa shape index (κ2) is 3.52. The number of nitrogens with one attached hydrogen (secondary N) is 1. The predicted molar refractivity (Wildman–Crippen MR) is 63.5 cm³/mol. The highest BCUT2D eigenvalue weighted by molar-refractivity contribution is 7.80. The van der Waals surface area contributed by atoms with Crippen molar-refractivity contribution in [1.82, 2.24) is 0 Å². The fraction of sp³-hybridized carbons (Fsp3) is 0.364. The van der Waals surface area contributed by atoms with Crippen molar-refractivity contribution in [3.05, 3.63) is 12.1 Å². The standard InChI is InChI=1S/C11H11NO3S/c1-2-7-11(16)12-6-3-9-10(14-5-13-9)4-8(6)15-7/h3-4,7H,2,5H2,1H3,(H,12,16). The van der Waals surface area contributed by atoms with Gasteiger partial charge in [-0.3, -0.25) is 0 Å². The topological polar surface area (TPSA) is 39.7 Å². The van der Waals surface area contributed by atoms with Crippen molar-refractivity contribution in [1.29, 1.82) is 0 Å². The number of thiocarbonyl (C=S) groups is 1. The van der Waals surface area contributed by atoms with Gasteiger partial charge in [0.25, 0.3) is 0 Å². The lowest BCUT2D eigenvalue weighted by Gasteiger charge is -2.27. The molecule has 0 saturated carbocycles. The first-order valence-corrected chi connectivity index (χ1v) is 5.60. The first-order valence-electron chi connectivity index (χ1n) is 5.19. The highest BCUT2D eigenvalue weighted by atomic mass is 32.1. The molecule has 1 unspecified atom stereocenters. The first kappa shape index (κ1) is 9.72. The number of fused-ring (bicyclic) bond motifs is 2. The van der Waals surface area contributed by atoms with Gasteiger partial charge in [0.15, 0.2) is 11.5 Å². The van der Waals surface area contributed by atoms with Gasteiger partial charge in [-0.25, -0.2) is 0 Å². The van der Waals surface area contributed by atoms with Crippen LogP contribution in [-0.4, -0.2) is 17.9 Å². The summed E-state index contributed by atoms with van der Waals surface area (Å²) in [5.74, 6) is 2.22. The maximum absolute atomic E-state index is 5.78. The van der Waals surface area contributed by atoms with Crippen LogP contribution in [0.25, 0.3) is 0 Å². The summed E-state index contributed by atoms with van der Waals surface area (Å²) < 4.78 is 16.4. The summed E-state index contributed by atoms with van der Waals surface area (Å²) in [5, 5.41) is 3.16. The number of hydrogen-bond acceptors (Lipinski definition) is 4. The van der Waals surface area contributed by atoms with Crippen molar-refractivity contribution in [3.8, 4) is 17.2 Å². The summed E-state index contributed by atoms with van der Waals surface area (Å²) in [7, 11) is 0. The van der Waals surface area contributed by atoms with Crippen LogP contribution in [0.3, 0.4) is 0 Å². The Labute approximate surface area is 98.5 Å². The lowest BCUT2D eigenvalue weighted by Crippen LogP contribution is -2.34. The van der Waals surface area contributed by atoms with Crippen molar-refractivity contribution in [2.45, 2.75) is 19.4 Å². The molecule has 5 heteroatoms. The average Bonchev–Trinajstić information content (AvgIpc) is 2.72. The fourth-order valence-corrected chi connectivity index (χ4v) is 2.13. The molecule has 0 bridgehead atoms. The third kappa shape index (κ3) is 1.39. The third-order valence-corrected chi connectivity index (χ3v) is 3.03. The lowest BCUT2D eigenvalue weighted by molar-refractivity contribution is 0.173. The minimum absolute atomic E-state index is 0.0529.